The number of carboxylic acids is 1. The Morgan fingerprint density at radius 2 is 1.37 bits per heavy atom. The minimum Gasteiger partial charge on any atom is -0.485 e. The fraction of sp³-hybridized carbons (Fsp3) is 0.324. The first kappa shape index (κ1) is 35.1. The fourth-order valence-electron chi connectivity index (χ4n) is 4.51. The topological polar surface area (TPSA) is 145 Å². The van der Waals surface area contributed by atoms with Gasteiger partial charge in [-0.3, -0.25) is 9.69 Å². The van der Waals surface area contributed by atoms with Crippen LogP contribution >= 0.6 is 0 Å². The van der Waals surface area contributed by atoms with Crippen molar-refractivity contribution >= 4 is 18.2 Å². The minimum absolute atomic E-state index is 0.0399. The van der Waals surface area contributed by atoms with E-state index in [1.54, 1.807) is 36.1 Å². The van der Waals surface area contributed by atoms with Gasteiger partial charge in [-0.05, 0) is 63.1 Å². The summed E-state index contributed by atoms with van der Waals surface area (Å²) in [4.78, 5) is 41.6. The molecule has 0 aliphatic heterocycles. The van der Waals surface area contributed by atoms with Gasteiger partial charge in [-0.15, -0.1) is 0 Å². The SMILES string of the molecule is CCN(C(=O)OC)[C@@H](C)c1ccc(C)cc1.COC(=O)N(CC(=O)O)[C@@H](C)c1ccc(OCc2noc(-c3ccccc3)n2)cc1. The first-order chi connectivity index (χ1) is 22.1. The van der Waals surface area contributed by atoms with Gasteiger partial charge in [-0.25, -0.2) is 9.59 Å². The molecule has 1 heterocycles. The summed E-state index contributed by atoms with van der Waals surface area (Å²) < 4.78 is 20.4. The second kappa shape index (κ2) is 17.2. The van der Waals surface area contributed by atoms with Crippen LogP contribution in [-0.4, -0.2) is 70.5 Å². The number of hydrogen-bond acceptors (Lipinski definition) is 9. The van der Waals surface area contributed by atoms with Crippen LogP contribution < -0.4 is 4.74 Å². The van der Waals surface area contributed by atoms with E-state index < -0.39 is 24.6 Å². The van der Waals surface area contributed by atoms with Gasteiger partial charge in [0.2, 0.25) is 5.82 Å². The van der Waals surface area contributed by atoms with E-state index in [9.17, 15) is 14.4 Å². The molecule has 2 amide bonds. The predicted molar refractivity (Wildman–Crippen MR) is 170 cm³/mol. The maximum absolute atomic E-state index is 11.9. The highest BCUT2D eigenvalue weighted by Crippen LogP contribution is 2.24. The molecule has 0 aliphatic rings. The van der Waals surface area contributed by atoms with Gasteiger partial charge in [-0.2, -0.15) is 4.98 Å². The zero-order chi connectivity index (χ0) is 33.6. The van der Waals surface area contributed by atoms with Crippen LogP contribution in [0.5, 0.6) is 5.75 Å². The number of carboxylic acid groups (broad SMARTS) is 1. The van der Waals surface area contributed by atoms with Crippen LogP contribution in [0.4, 0.5) is 9.59 Å². The van der Waals surface area contributed by atoms with Crippen LogP contribution in [-0.2, 0) is 20.9 Å². The van der Waals surface area contributed by atoms with Crippen molar-refractivity contribution in [2.75, 3.05) is 27.3 Å². The number of aromatic nitrogens is 2. The first-order valence-corrected chi connectivity index (χ1v) is 14.7. The number of ether oxygens (including phenoxy) is 3. The molecular weight excluding hydrogens is 592 g/mol. The standard InChI is InChI=1S/C21H21N3O6.C13H19NO2/c1-14(24(12-19(25)26)21(27)28-2)15-8-10-17(11-9-15)29-13-18-22-20(30-23-18)16-6-4-3-5-7-16;1-5-14(13(15)16-4)11(3)12-8-6-10(2)7-9-12/h3-11,14H,12-13H2,1-2H3,(H,25,26);6-9,11H,5H2,1-4H3/t14-;11-/m00/s1. The van der Waals surface area contributed by atoms with Gasteiger partial charge in [0.25, 0.3) is 5.89 Å². The van der Waals surface area contributed by atoms with Crippen LogP contribution in [0.3, 0.4) is 0 Å². The Morgan fingerprint density at radius 1 is 0.826 bits per heavy atom. The number of aliphatic carboxylic acids is 1. The normalized spacial score (nSPS) is 11.7. The summed E-state index contributed by atoms with van der Waals surface area (Å²) in [6, 6.07) is 24.1. The van der Waals surface area contributed by atoms with Gasteiger partial charge in [0, 0.05) is 12.1 Å². The molecule has 0 radical (unpaired) electrons. The molecule has 0 bridgehead atoms. The molecule has 0 saturated heterocycles. The van der Waals surface area contributed by atoms with Crippen molar-refractivity contribution in [3.8, 4) is 17.2 Å². The summed E-state index contributed by atoms with van der Waals surface area (Å²) in [5, 5.41) is 12.9. The van der Waals surface area contributed by atoms with Gasteiger partial charge >= 0.3 is 18.2 Å². The average Bonchev–Trinajstić information content (AvgIpc) is 3.56. The Bertz CT molecular complexity index is 1540. The highest BCUT2D eigenvalue weighted by Gasteiger charge is 2.24. The molecule has 0 saturated carbocycles. The Morgan fingerprint density at radius 3 is 1.91 bits per heavy atom. The van der Waals surface area contributed by atoms with Gasteiger partial charge in [0.15, 0.2) is 6.61 Å². The van der Waals surface area contributed by atoms with Crippen molar-refractivity contribution in [3.63, 3.8) is 0 Å². The lowest BCUT2D eigenvalue weighted by Gasteiger charge is -2.26. The molecule has 0 fully saturated rings. The largest absolute Gasteiger partial charge is 0.485 e. The number of benzene rings is 3. The summed E-state index contributed by atoms with van der Waals surface area (Å²) in [7, 11) is 2.62. The second-order valence-corrected chi connectivity index (χ2v) is 10.2. The summed E-state index contributed by atoms with van der Waals surface area (Å²) >= 11 is 0. The Kier molecular flexibility index (Phi) is 13.1. The monoisotopic (exact) mass is 632 g/mol. The highest BCUT2D eigenvalue weighted by atomic mass is 16.5. The summed E-state index contributed by atoms with van der Waals surface area (Å²) in [5.74, 6) is 0.270. The zero-order valence-electron chi connectivity index (χ0n) is 26.9. The van der Waals surface area contributed by atoms with E-state index in [2.05, 4.69) is 27.0 Å². The summed E-state index contributed by atoms with van der Waals surface area (Å²) in [6.07, 6.45) is -0.993. The maximum atomic E-state index is 11.9. The minimum atomic E-state index is -1.12. The number of nitrogens with zero attached hydrogens (tertiary/aromatic N) is 4. The number of aryl methyl sites for hydroxylation is 1. The molecule has 0 aliphatic carbocycles. The van der Waals surface area contributed by atoms with E-state index in [1.165, 1.54) is 19.8 Å². The lowest BCUT2D eigenvalue weighted by Crippen LogP contribution is -2.37. The third-order valence-corrected chi connectivity index (χ3v) is 7.18. The van der Waals surface area contributed by atoms with E-state index in [0.717, 1.165) is 21.6 Å². The quantitative estimate of drug-likeness (QED) is 0.190. The number of hydrogen-bond donors (Lipinski definition) is 1. The smallest absolute Gasteiger partial charge is 0.410 e. The molecule has 244 valence electrons. The molecule has 4 rings (SSSR count). The van der Waals surface area contributed by atoms with Crippen molar-refractivity contribution < 1.29 is 38.2 Å². The maximum Gasteiger partial charge on any atom is 0.410 e. The third kappa shape index (κ3) is 9.81. The Balaban J connectivity index is 0.000000304. The molecule has 1 aromatic heterocycles. The second-order valence-electron chi connectivity index (χ2n) is 10.2. The molecule has 46 heavy (non-hydrogen) atoms. The molecule has 2 atom stereocenters. The van der Waals surface area contributed by atoms with Crippen LogP contribution in [0.2, 0.25) is 0 Å². The van der Waals surface area contributed by atoms with E-state index in [4.69, 9.17) is 19.1 Å². The van der Waals surface area contributed by atoms with Crippen molar-refractivity contribution in [2.45, 2.75) is 46.4 Å². The van der Waals surface area contributed by atoms with Crippen LogP contribution in [0.15, 0.2) is 83.4 Å². The Labute approximate surface area is 268 Å². The molecule has 12 nitrogen and oxygen atoms in total. The number of carbonyl (C=O) groups is 3. The van der Waals surface area contributed by atoms with Gasteiger partial charge in [0.1, 0.15) is 12.3 Å². The molecule has 1 N–H and O–H groups in total. The van der Waals surface area contributed by atoms with Crippen LogP contribution in [0.25, 0.3) is 11.5 Å². The van der Waals surface area contributed by atoms with Crippen molar-refractivity contribution in [1.82, 2.24) is 19.9 Å². The third-order valence-electron chi connectivity index (χ3n) is 7.18. The van der Waals surface area contributed by atoms with E-state index in [-0.39, 0.29) is 18.7 Å². The van der Waals surface area contributed by atoms with Crippen molar-refractivity contribution in [1.29, 1.82) is 0 Å². The highest BCUT2D eigenvalue weighted by molar-refractivity contribution is 5.77. The molecule has 0 unspecified atom stereocenters. The number of rotatable bonds is 11. The lowest BCUT2D eigenvalue weighted by molar-refractivity contribution is -0.138. The first-order valence-electron chi connectivity index (χ1n) is 14.7. The Hall–Kier alpha value is -5.39. The average molecular weight is 633 g/mol. The van der Waals surface area contributed by atoms with Gasteiger partial charge in [-0.1, -0.05) is 65.3 Å². The van der Waals surface area contributed by atoms with E-state index in [1.807, 2.05) is 63.2 Å². The fourth-order valence-corrected chi connectivity index (χ4v) is 4.51. The number of amides is 2. The molecule has 3 aromatic carbocycles. The molecule has 4 aromatic rings. The zero-order valence-corrected chi connectivity index (χ0v) is 26.9. The molecule has 0 spiro atoms. The number of methoxy groups -OCH3 is 2. The van der Waals surface area contributed by atoms with Crippen LogP contribution in [0, 0.1) is 6.92 Å². The van der Waals surface area contributed by atoms with Crippen molar-refractivity contribution in [2.24, 2.45) is 0 Å². The van der Waals surface area contributed by atoms with E-state index >= 15 is 0 Å². The van der Waals surface area contributed by atoms with Crippen LogP contribution in [0.1, 0.15) is 55.4 Å². The predicted octanol–water partition coefficient (Wildman–Crippen LogP) is 6.67. The molecular formula is C34H40N4O8. The van der Waals surface area contributed by atoms with Crippen molar-refractivity contribution in [3.05, 3.63) is 101 Å². The number of carbonyl (C=O) groups excluding carboxylic acids is 2. The van der Waals surface area contributed by atoms with E-state index in [0.29, 0.717) is 24.0 Å². The lowest BCUT2D eigenvalue weighted by atomic mass is 10.1. The van der Waals surface area contributed by atoms with Gasteiger partial charge < -0.3 is 28.7 Å². The molecule has 12 heteroatoms. The summed E-state index contributed by atoms with van der Waals surface area (Å²) in [5.41, 5.74) is 3.90. The van der Waals surface area contributed by atoms with Gasteiger partial charge in [0.05, 0.1) is 26.3 Å². The summed E-state index contributed by atoms with van der Waals surface area (Å²) in [6.45, 7) is 8.02.